The van der Waals surface area contributed by atoms with Gasteiger partial charge in [-0.15, -0.1) is 0 Å². The summed E-state index contributed by atoms with van der Waals surface area (Å²) in [6, 6.07) is -0.783. The number of carbonyl (C=O) groups excluding carboxylic acids is 2. The van der Waals surface area contributed by atoms with Crippen molar-refractivity contribution in [1.29, 1.82) is 0 Å². The summed E-state index contributed by atoms with van der Waals surface area (Å²) >= 11 is 0. The third-order valence-corrected chi connectivity index (χ3v) is 2.69. The van der Waals surface area contributed by atoms with E-state index in [0.717, 1.165) is 0 Å². The third kappa shape index (κ3) is 2.28. The third-order valence-electron chi connectivity index (χ3n) is 2.69. The smallest absolute Gasteiger partial charge is 0.331 e. The number of aromatic nitrogens is 2. The fraction of sp³-hybridized carbons (Fsp3) is 0.500. The minimum Gasteiger partial charge on any atom is -0.467 e. The molecule has 2 heterocycles. The number of imidazole rings is 1. The van der Waals surface area contributed by atoms with Gasteiger partial charge in [0.2, 0.25) is 0 Å². The summed E-state index contributed by atoms with van der Waals surface area (Å²) in [5.41, 5.74) is -0.364. The van der Waals surface area contributed by atoms with Crippen LogP contribution in [0.5, 0.6) is 0 Å². The van der Waals surface area contributed by atoms with Crippen molar-refractivity contribution in [3.05, 3.63) is 22.4 Å². The Labute approximate surface area is 102 Å². The quantitative estimate of drug-likeness (QED) is 0.640. The van der Waals surface area contributed by atoms with Crippen molar-refractivity contribution in [3.8, 4) is 0 Å². The van der Waals surface area contributed by atoms with Gasteiger partial charge in [-0.1, -0.05) is 0 Å². The Balaban J connectivity index is 2.21. The van der Waals surface area contributed by atoms with Crippen LogP contribution >= 0.6 is 0 Å². The molecular formula is C10H13N3O5. The lowest BCUT2D eigenvalue weighted by Gasteiger charge is -2.33. The van der Waals surface area contributed by atoms with E-state index >= 15 is 0 Å². The number of hydrogen-bond donors (Lipinski definition) is 2. The van der Waals surface area contributed by atoms with Crippen molar-refractivity contribution >= 4 is 11.9 Å². The Morgan fingerprint density at radius 2 is 2.33 bits per heavy atom. The van der Waals surface area contributed by atoms with Crippen LogP contribution in [-0.4, -0.2) is 59.7 Å². The summed E-state index contributed by atoms with van der Waals surface area (Å²) in [5.74, 6) is -0.979. The summed E-state index contributed by atoms with van der Waals surface area (Å²) < 4.78 is 9.77. The van der Waals surface area contributed by atoms with Crippen molar-refractivity contribution in [2.24, 2.45) is 0 Å². The van der Waals surface area contributed by atoms with Crippen LogP contribution in [0.1, 0.15) is 10.5 Å². The van der Waals surface area contributed by atoms with Crippen LogP contribution in [0.2, 0.25) is 0 Å². The lowest BCUT2D eigenvalue weighted by atomic mass is 10.2. The minimum absolute atomic E-state index is 0.0903. The van der Waals surface area contributed by atoms with E-state index < -0.39 is 23.6 Å². The predicted octanol–water partition coefficient (Wildman–Crippen LogP) is -1.28. The average molecular weight is 255 g/mol. The zero-order valence-corrected chi connectivity index (χ0v) is 9.76. The molecule has 1 aromatic rings. The number of hydrogen-bond acceptors (Lipinski definition) is 5. The summed E-state index contributed by atoms with van der Waals surface area (Å²) in [6.45, 7) is 0.701. The number of esters is 1. The number of carbonyl (C=O) groups is 2. The molecule has 18 heavy (non-hydrogen) atoms. The van der Waals surface area contributed by atoms with Gasteiger partial charge in [0.25, 0.3) is 5.91 Å². The van der Waals surface area contributed by atoms with Gasteiger partial charge in [-0.05, 0) is 0 Å². The summed E-state index contributed by atoms with van der Waals surface area (Å²) in [5, 5.41) is 0. The molecule has 1 fully saturated rings. The number of H-pyrrole nitrogens is 2. The SMILES string of the molecule is COC(=O)C1COCCN1C(=O)c1c[nH]c(=O)[nH]1. The Morgan fingerprint density at radius 1 is 1.56 bits per heavy atom. The molecule has 1 atom stereocenters. The first-order valence-electron chi connectivity index (χ1n) is 5.37. The van der Waals surface area contributed by atoms with Gasteiger partial charge in [0.15, 0.2) is 6.04 Å². The van der Waals surface area contributed by atoms with E-state index in [1.54, 1.807) is 0 Å². The molecule has 1 unspecified atom stereocenters. The van der Waals surface area contributed by atoms with Gasteiger partial charge in [0.1, 0.15) is 5.69 Å². The van der Waals surface area contributed by atoms with Crippen LogP contribution < -0.4 is 5.69 Å². The highest BCUT2D eigenvalue weighted by molar-refractivity contribution is 5.95. The van der Waals surface area contributed by atoms with E-state index in [1.807, 2.05) is 0 Å². The van der Waals surface area contributed by atoms with Crippen LogP contribution in [0.15, 0.2) is 11.0 Å². The van der Waals surface area contributed by atoms with Gasteiger partial charge in [-0.3, -0.25) is 4.79 Å². The summed E-state index contributed by atoms with van der Waals surface area (Å²) in [4.78, 5) is 40.6. The van der Waals surface area contributed by atoms with Crippen molar-refractivity contribution < 1.29 is 19.1 Å². The number of ether oxygens (including phenoxy) is 2. The number of morpholine rings is 1. The number of rotatable bonds is 2. The number of nitrogens with zero attached hydrogens (tertiary/aromatic N) is 1. The van der Waals surface area contributed by atoms with Crippen LogP contribution in [0.25, 0.3) is 0 Å². The molecule has 1 aromatic heterocycles. The normalized spacial score (nSPS) is 19.6. The van der Waals surface area contributed by atoms with Crippen LogP contribution in [0.3, 0.4) is 0 Å². The minimum atomic E-state index is -0.783. The Bertz CT molecular complexity index is 506. The van der Waals surface area contributed by atoms with Crippen LogP contribution in [0, 0.1) is 0 Å². The predicted molar refractivity (Wildman–Crippen MR) is 59.1 cm³/mol. The number of methoxy groups -OCH3 is 1. The van der Waals surface area contributed by atoms with Crippen LogP contribution in [0.4, 0.5) is 0 Å². The van der Waals surface area contributed by atoms with Gasteiger partial charge >= 0.3 is 11.7 Å². The second-order valence-electron chi connectivity index (χ2n) is 3.77. The second-order valence-corrected chi connectivity index (χ2v) is 3.77. The van der Waals surface area contributed by atoms with Crippen molar-refractivity contribution in [2.45, 2.75) is 6.04 Å². The lowest BCUT2D eigenvalue weighted by Crippen LogP contribution is -2.53. The molecule has 8 heteroatoms. The lowest BCUT2D eigenvalue weighted by molar-refractivity contribution is -0.151. The molecule has 0 aliphatic carbocycles. The molecule has 1 amide bonds. The first kappa shape index (κ1) is 12.4. The summed E-state index contributed by atoms with van der Waals surface area (Å²) in [6.07, 6.45) is 1.27. The average Bonchev–Trinajstić information content (AvgIpc) is 2.83. The number of nitrogens with one attached hydrogen (secondary N) is 2. The standard InChI is InChI=1S/C10H13N3O5/c1-17-9(15)7-5-18-3-2-13(7)8(14)6-4-11-10(16)12-6/h4,7H,2-3,5H2,1H3,(H2,11,12,16). The second kappa shape index (κ2) is 5.05. The van der Waals surface area contributed by atoms with Crippen molar-refractivity contribution in [2.75, 3.05) is 26.9 Å². The maximum atomic E-state index is 12.1. The largest absolute Gasteiger partial charge is 0.467 e. The van der Waals surface area contributed by atoms with Crippen LogP contribution in [-0.2, 0) is 14.3 Å². The van der Waals surface area contributed by atoms with Gasteiger partial charge < -0.3 is 24.3 Å². The first-order chi connectivity index (χ1) is 8.63. The molecule has 1 aliphatic heterocycles. The molecule has 0 radical (unpaired) electrons. The molecular weight excluding hydrogens is 242 g/mol. The van der Waals surface area contributed by atoms with Crippen molar-refractivity contribution in [1.82, 2.24) is 14.9 Å². The highest BCUT2D eigenvalue weighted by Crippen LogP contribution is 2.11. The Kier molecular flexibility index (Phi) is 3.47. The van der Waals surface area contributed by atoms with E-state index in [0.29, 0.717) is 6.61 Å². The maximum Gasteiger partial charge on any atom is 0.331 e. The van der Waals surface area contributed by atoms with E-state index in [9.17, 15) is 14.4 Å². The first-order valence-corrected chi connectivity index (χ1v) is 5.37. The van der Waals surface area contributed by atoms with E-state index in [4.69, 9.17) is 4.74 Å². The molecule has 0 saturated carbocycles. The van der Waals surface area contributed by atoms with Crippen molar-refractivity contribution in [3.63, 3.8) is 0 Å². The van der Waals surface area contributed by atoms with E-state index in [2.05, 4.69) is 14.7 Å². The zero-order valence-electron chi connectivity index (χ0n) is 9.76. The molecule has 2 rings (SSSR count). The van der Waals surface area contributed by atoms with Gasteiger partial charge in [-0.25, -0.2) is 9.59 Å². The highest BCUT2D eigenvalue weighted by atomic mass is 16.5. The molecule has 8 nitrogen and oxygen atoms in total. The van der Waals surface area contributed by atoms with Gasteiger partial charge in [-0.2, -0.15) is 0 Å². The molecule has 0 aromatic carbocycles. The van der Waals surface area contributed by atoms with E-state index in [1.165, 1.54) is 18.2 Å². The van der Waals surface area contributed by atoms with Gasteiger partial charge in [0, 0.05) is 12.7 Å². The maximum absolute atomic E-state index is 12.1. The Morgan fingerprint density at radius 3 is 2.94 bits per heavy atom. The number of aromatic amines is 2. The molecule has 1 saturated heterocycles. The summed E-state index contributed by atoms with van der Waals surface area (Å²) in [7, 11) is 1.25. The van der Waals surface area contributed by atoms with E-state index in [-0.39, 0.29) is 18.8 Å². The fourth-order valence-corrected chi connectivity index (χ4v) is 1.78. The molecule has 2 N–H and O–H groups in total. The molecule has 0 bridgehead atoms. The molecule has 0 spiro atoms. The monoisotopic (exact) mass is 255 g/mol. The number of amides is 1. The molecule has 98 valence electrons. The highest BCUT2D eigenvalue weighted by Gasteiger charge is 2.34. The van der Waals surface area contributed by atoms with Gasteiger partial charge in [0.05, 0.1) is 20.3 Å². The topological polar surface area (TPSA) is 104 Å². The zero-order chi connectivity index (χ0) is 13.1. The fourth-order valence-electron chi connectivity index (χ4n) is 1.78. The Hall–Kier alpha value is -2.09. The molecule has 1 aliphatic rings.